The van der Waals surface area contributed by atoms with Crippen molar-refractivity contribution >= 4 is 0 Å². The lowest BCUT2D eigenvalue weighted by Crippen LogP contribution is -2.13. The van der Waals surface area contributed by atoms with Crippen molar-refractivity contribution in [3.63, 3.8) is 0 Å². The smallest absolute Gasteiger partial charge is 0.00103 e. The summed E-state index contributed by atoms with van der Waals surface area (Å²) in [7, 11) is 1.50. The normalized spacial score (nSPS) is 11.0. The summed E-state index contributed by atoms with van der Waals surface area (Å²) in [5.41, 5.74) is 77.4. The fraction of sp³-hybridized carbons (Fsp3) is 1.00. The van der Waals surface area contributed by atoms with Crippen molar-refractivity contribution < 1.29 is 0 Å². The molecule has 0 saturated carbocycles. The van der Waals surface area contributed by atoms with Gasteiger partial charge in [-0.25, -0.2) is 0 Å². The van der Waals surface area contributed by atoms with Gasteiger partial charge in [0.25, 0.3) is 0 Å². The molecular formula is C63H171N15. The molecule has 0 amide bonds. The molecule has 15 nitrogen and oxygen atoms in total. The third-order valence-corrected chi connectivity index (χ3v) is 9.40. The second kappa shape index (κ2) is 137. The number of rotatable bonds is 25. The summed E-state index contributed by atoms with van der Waals surface area (Å²) >= 11 is 0. The lowest BCUT2D eigenvalue weighted by atomic mass is 10.1. The standard InChI is InChI=1S/3C6H15N.4C5H13N.4C4H11N.2C3H9N.C2H7N.CH5N/c1-6(2)4-3-5-7;1-3-6(2)4-5-7;1-2-3-4-5-6-7;1-5(2)3-4-6;1-3-5(2)4-6;1-3-4-5(2)6;1-2-3-4-5-6;1-4(2)3-5;2*1-3-4(2)5;1-2-3-4-5;1-3(2)4;1-2-3-4;1-2-3;1-2/h2*6H,3-5,7H2,1-2H3;2-7H2,1H3;3*5H,3-4,6H2,1-2H3;2-6H2,1H3;3*4H,3,5H2,1-2H3;2-5H2,1H3;3H,4H2,1-2H3;2-4H2,1H3;2-3H2,1H3;2H2,1H3. The van der Waals surface area contributed by atoms with E-state index in [9.17, 15) is 0 Å². The molecule has 0 aromatic heterocycles. The third-order valence-electron chi connectivity index (χ3n) is 9.40. The Morgan fingerprint density at radius 3 is 0.615 bits per heavy atom. The average Bonchev–Trinajstić information content (AvgIpc) is 3.40. The average molecular weight is 1140 g/mol. The van der Waals surface area contributed by atoms with Gasteiger partial charge in [0, 0.05) is 18.1 Å². The molecule has 0 rings (SSSR count). The molecule has 0 bridgehead atoms. The Balaban J connectivity index is -0.0000000422. The summed E-state index contributed by atoms with van der Waals surface area (Å²) in [6, 6.07) is 1.50. The Morgan fingerprint density at radius 1 is 0.256 bits per heavy atom. The molecule has 0 fully saturated rings. The highest BCUT2D eigenvalue weighted by Gasteiger charge is 1.93. The Kier molecular flexibility index (Phi) is 203. The maximum absolute atomic E-state index is 5.40. The maximum atomic E-state index is 5.40. The van der Waals surface area contributed by atoms with Crippen LogP contribution in [0.1, 0.15) is 288 Å². The lowest BCUT2D eigenvalue weighted by molar-refractivity contribution is 0.524. The minimum absolute atomic E-state index is 0.333. The molecule has 0 radical (unpaired) electrons. The number of unbranched alkanes of at least 4 members (excludes halogenated alkanes) is 6. The minimum Gasteiger partial charge on any atom is -0.333 e. The van der Waals surface area contributed by atoms with Crippen molar-refractivity contribution in [3.8, 4) is 0 Å². The van der Waals surface area contributed by atoms with Crippen molar-refractivity contribution in [2.75, 3.05) is 72.5 Å². The van der Waals surface area contributed by atoms with Crippen LogP contribution in [-0.4, -0.2) is 96.7 Å². The first-order chi connectivity index (χ1) is 36.5. The highest BCUT2D eigenvalue weighted by atomic mass is 14.6. The van der Waals surface area contributed by atoms with Gasteiger partial charge in [-0.1, -0.05) is 196 Å². The van der Waals surface area contributed by atoms with E-state index in [1.807, 2.05) is 41.5 Å². The topological polar surface area (TPSA) is 390 Å². The molecule has 0 spiro atoms. The predicted molar refractivity (Wildman–Crippen MR) is 373 cm³/mol. The van der Waals surface area contributed by atoms with Crippen molar-refractivity contribution in [1.29, 1.82) is 0 Å². The van der Waals surface area contributed by atoms with Gasteiger partial charge in [-0.2, -0.15) is 0 Å². The van der Waals surface area contributed by atoms with E-state index in [2.05, 4.69) is 123 Å². The van der Waals surface area contributed by atoms with Crippen molar-refractivity contribution in [3.05, 3.63) is 0 Å². The number of hydrogen-bond acceptors (Lipinski definition) is 15. The predicted octanol–water partition coefficient (Wildman–Crippen LogP) is 11.6. The molecule has 0 aromatic carbocycles. The SMILES string of the molecule is CC(C)CCCN.CC(C)CCN.CC(C)CN.CC(C)N.CCC(C)CCN.CCC(C)CN.CCC(C)N.CCC(C)N.CCCC(C)N.CCCCCCN.CCCCCN.CCCCN.CCCN.CCN.CN. The quantitative estimate of drug-likeness (QED) is 0.0378. The first-order valence-corrected chi connectivity index (χ1v) is 32.2. The van der Waals surface area contributed by atoms with Crippen LogP contribution < -0.4 is 86.0 Å². The van der Waals surface area contributed by atoms with Gasteiger partial charge in [-0.05, 0) is 200 Å². The zero-order valence-electron chi connectivity index (χ0n) is 59.1. The van der Waals surface area contributed by atoms with Crippen molar-refractivity contribution in [2.24, 2.45) is 116 Å². The third kappa shape index (κ3) is 353. The summed E-state index contributed by atoms with van der Waals surface area (Å²) in [6.45, 7) is 56.7. The Bertz CT molecular complexity index is 658. The molecule has 5 atom stereocenters. The van der Waals surface area contributed by atoms with Crippen LogP contribution in [-0.2, 0) is 0 Å². The van der Waals surface area contributed by atoms with Gasteiger partial charge in [0.1, 0.15) is 0 Å². The Hall–Kier alpha value is -0.600. The lowest BCUT2D eigenvalue weighted by Gasteiger charge is -2.02. The van der Waals surface area contributed by atoms with Crippen LogP contribution >= 0.6 is 0 Å². The van der Waals surface area contributed by atoms with Gasteiger partial charge < -0.3 is 86.0 Å². The van der Waals surface area contributed by atoms with Gasteiger partial charge in [0.2, 0.25) is 0 Å². The molecule has 0 heterocycles. The summed E-state index contributed by atoms with van der Waals surface area (Å²) < 4.78 is 0. The van der Waals surface area contributed by atoms with E-state index < -0.39 is 0 Å². The van der Waals surface area contributed by atoms with Crippen LogP contribution in [0.15, 0.2) is 0 Å². The van der Waals surface area contributed by atoms with Crippen LogP contribution in [0.4, 0.5) is 0 Å². The highest BCUT2D eigenvalue weighted by molar-refractivity contribution is 4.50. The van der Waals surface area contributed by atoms with Crippen LogP contribution in [0.3, 0.4) is 0 Å². The molecule has 0 aliphatic heterocycles. The van der Waals surface area contributed by atoms with Gasteiger partial charge in [0.15, 0.2) is 0 Å². The maximum Gasteiger partial charge on any atom is 0.00103 e. The first-order valence-electron chi connectivity index (χ1n) is 32.2. The molecule has 0 aromatic rings. The van der Waals surface area contributed by atoms with Crippen LogP contribution in [0.5, 0.6) is 0 Å². The summed E-state index contributed by atoms with van der Waals surface area (Å²) in [4.78, 5) is 0. The molecule has 5 unspecified atom stereocenters. The summed E-state index contributed by atoms with van der Waals surface area (Å²) in [6.07, 6.45) is 24.2. The highest BCUT2D eigenvalue weighted by Crippen LogP contribution is 2.03. The monoisotopic (exact) mass is 1140 g/mol. The van der Waals surface area contributed by atoms with Crippen LogP contribution in [0.2, 0.25) is 0 Å². The number of hydrogen-bond donors (Lipinski definition) is 15. The van der Waals surface area contributed by atoms with E-state index in [-0.39, 0.29) is 0 Å². The zero-order chi connectivity index (χ0) is 65.4. The molecule has 0 aliphatic rings. The molecule has 0 saturated heterocycles. The van der Waals surface area contributed by atoms with Crippen LogP contribution in [0.25, 0.3) is 0 Å². The summed E-state index contributed by atoms with van der Waals surface area (Å²) in [5.74, 6) is 3.79. The Morgan fingerprint density at radius 2 is 0.538 bits per heavy atom. The zero-order valence-corrected chi connectivity index (χ0v) is 59.1. The fourth-order valence-electron chi connectivity index (χ4n) is 3.14. The number of nitrogens with two attached hydrogens (primary N) is 15. The van der Waals surface area contributed by atoms with E-state index in [4.69, 9.17) is 80.3 Å². The van der Waals surface area contributed by atoms with Gasteiger partial charge >= 0.3 is 0 Å². The van der Waals surface area contributed by atoms with Crippen molar-refractivity contribution in [2.45, 2.75) is 312 Å². The molecule has 0 aliphatic carbocycles. The van der Waals surface area contributed by atoms with Gasteiger partial charge in [-0.3, -0.25) is 0 Å². The van der Waals surface area contributed by atoms with Crippen LogP contribution in [0, 0.1) is 29.6 Å². The summed E-state index contributed by atoms with van der Waals surface area (Å²) in [5, 5.41) is 0. The molecule has 498 valence electrons. The van der Waals surface area contributed by atoms with E-state index >= 15 is 0 Å². The Labute approximate surface area is 498 Å². The molecular weight excluding hydrogens is 967 g/mol. The minimum atomic E-state index is 0.333. The van der Waals surface area contributed by atoms with E-state index in [1.54, 1.807) is 0 Å². The molecule has 30 N–H and O–H groups in total. The van der Waals surface area contributed by atoms with E-state index in [0.717, 1.165) is 115 Å². The second-order valence-electron chi connectivity index (χ2n) is 21.2. The molecule has 78 heavy (non-hydrogen) atoms. The first kappa shape index (κ1) is 116. The molecule has 15 heteroatoms. The van der Waals surface area contributed by atoms with E-state index in [1.165, 1.54) is 103 Å². The van der Waals surface area contributed by atoms with Crippen molar-refractivity contribution in [1.82, 2.24) is 0 Å². The largest absolute Gasteiger partial charge is 0.333 e. The van der Waals surface area contributed by atoms with Gasteiger partial charge in [0.05, 0.1) is 0 Å². The fourth-order valence-corrected chi connectivity index (χ4v) is 3.14. The van der Waals surface area contributed by atoms with E-state index in [0.29, 0.717) is 36.0 Å². The second-order valence-corrected chi connectivity index (χ2v) is 21.2. The van der Waals surface area contributed by atoms with Gasteiger partial charge in [-0.15, -0.1) is 0 Å².